The van der Waals surface area contributed by atoms with E-state index in [9.17, 15) is 9.18 Å². The fourth-order valence-electron chi connectivity index (χ4n) is 3.46. The number of aromatic nitrogens is 2. The van der Waals surface area contributed by atoms with Crippen LogP contribution in [0.3, 0.4) is 0 Å². The zero-order valence-corrected chi connectivity index (χ0v) is 15.9. The van der Waals surface area contributed by atoms with Crippen LogP contribution in [0.5, 0.6) is 0 Å². The van der Waals surface area contributed by atoms with Crippen LogP contribution in [0.1, 0.15) is 36.0 Å². The summed E-state index contributed by atoms with van der Waals surface area (Å²) in [5, 5.41) is 6.17. The molecule has 2 heterocycles. The van der Waals surface area contributed by atoms with Crippen molar-refractivity contribution >= 4 is 44.8 Å². The van der Waals surface area contributed by atoms with Gasteiger partial charge in [0.2, 0.25) is 0 Å². The highest BCUT2D eigenvalue weighted by molar-refractivity contribution is 7.16. The SMILES string of the molecule is NC(=O)c1cc(F)c(NC2CCCC[C@@H]2N)nc1Nc1ccc2scnc2c1. The third-order valence-electron chi connectivity index (χ3n) is 4.98. The number of carbonyl (C=O) groups is 1. The van der Waals surface area contributed by atoms with Crippen molar-refractivity contribution in [1.29, 1.82) is 0 Å². The van der Waals surface area contributed by atoms with Gasteiger partial charge in [0, 0.05) is 17.8 Å². The summed E-state index contributed by atoms with van der Waals surface area (Å²) in [6, 6.07) is 6.59. The number of benzene rings is 1. The first kappa shape index (κ1) is 18.6. The Hall–Kier alpha value is -2.78. The summed E-state index contributed by atoms with van der Waals surface area (Å²) in [7, 11) is 0. The number of thiazole rings is 1. The largest absolute Gasteiger partial charge is 0.365 e. The van der Waals surface area contributed by atoms with Crippen LogP contribution in [0, 0.1) is 5.82 Å². The molecular weight excluding hydrogens is 379 g/mol. The molecule has 7 nitrogen and oxygen atoms in total. The van der Waals surface area contributed by atoms with Gasteiger partial charge in [-0.25, -0.2) is 14.4 Å². The lowest BCUT2D eigenvalue weighted by molar-refractivity contribution is 0.100. The second-order valence-corrected chi connectivity index (χ2v) is 7.82. The van der Waals surface area contributed by atoms with Crippen LogP contribution in [0.15, 0.2) is 29.8 Å². The molecule has 1 aliphatic rings. The third kappa shape index (κ3) is 3.76. The predicted molar refractivity (Wildman–Crippen MR) is 109 cm³/mol. The smallest absolute Gasteiger partial charge is 0.252 e. The van der Waals surface area contributed by atoms with Gasteiger partial charge >= 0.3 is 0 Å². The fourth-order valence-corrected chi connectivity index (χ4v) is 4.12. The number of nitrogens with two attached hydrogens (primary N) is 2. The van der Waals surface area contributed by atoms with Crippen molar-refractivity contribution in [2.45, 2.75) is 37.8 Å². The normalized spacial score (nSPS) is 19.5. The van der Waals surface area contributed by atoms with E-state index in [4.69, 9.17) is 11.5 Å². The van der Waals surface area contributed by atoms with Gasteiger partial charge in [-0.05, 0) is 37.1 Å². The van der Waals surface area contributed by atoms with Gasteiger partial charge < -0.3 is 22.1 Å². The number of pyridine rings is 1. The number of nitrogens with zero attached hydrogens (tertiary/aromatic N) is 2. The molecule has 0 aliphatic heterocycles. The summed E-state index contributed by atoms with van der Waals surface area (Å²) in [5.41, 5.74) is 14.8. The van der Waals surface area contributed by atoms with Crippen molar-refractivity contribution in [3.8, 4) is 0 Å². The van der Waals surface area contributed by atoms with Gasteiger partial charge in [-0.15, -0.1) is 11.3 Å². The van der Waals surface area contributed by atoms with Crippen LogP contribution in [0.4, 0.5) is 21.7 Å². The summed E-state index contributed by atoms with van der Waals surface area (Å²) in [4.78, 5) is 20.4. The molecule has 1 aromatic carbocycles. The lowest BCUT2D eigenvalue weighted by atomic mass is 9.91. The Bertz CT molecular complexity index is 1020. The number of carbonyl (C=O) groups excluding carboxylic acids is 1. The minimum atomic E-state index is -0.760. The van der Waals surface area contributed by atoms with Gasteiger partial charge in [0.15, 0.2) is 11.6 Å². The zero-order chi connectivity index (χ0) is 19.7. The Morgan fingerprint density at radius 1 is 1.21 bits per heavy atom. The second kappa shape index (κ2) is 7.69. The molecular formula is C19H21FN6OS. The molecule has 1 amide bonds. The number of fused-ring (bicyclic) bond motifs is 1. The lowest BCUT2D eigenvalue weighted by Crippen LogP contribution is -2.43. The maximum absolute atomic E-state index is 14.6. The molecule has 2 atom stereocenters. The Morgan fingerprint density at radius 3 is 2.82 bits per heavy atom. The molecule has 3 aromatic rings. The summed E-state index contributed by atoms with van der Waals surface area (Å²) in [6.45, 7) is 0. The molecule has 0 spiro atoms. The van der Waals surface area contributed by atoms with E-state index < -0.39 is 11.7 Å². The molecule has 146 valence electrons. The molecule has 2 aromatic heterocycles. The number of anilines is 3. The van der Waals surface area contributed by atoms with E-state index in [1.54, 1.807) is 5.51 Å². The molecule has 9 heteroatoms. The van der Waals surface area contributed by atoms with E-state index >= 15 is 0 Å². The Kier molecular flexibility index (Phi) is 5.10. The highest BCUT2D eigenvalue weighted by Crippen LogP contribution is 2.28. The lowest BCUT2D eigenvalue weighted by Gasteiger charge is -2.30. The number of rotatable bonds is 5. The van der Waals surface area contributed by atoms with Crippen molar-refractivity contribution < 1.29 is 9.18 Å². The van der Waals surface area contributed by atoms with Crippen LogP contribution in [-0.4, -0.2) is 28.0 Å². The number of nitrogens with one attached hydrogen (secondary N) is 2. The van der Waals surface area contributed by atoms with Crippen molar-refractivity contribution in [2.24, 2.45) is 11.5 Å². The highest BCUT2D eigenvalue weighted by atomic mass is 32.1. The van der Waals surface area contributed by atoms with E-state index in [2.05, 4.69) is 20.6 Å². The van der Waals surface area contributed by atoms with Gasteiger partial charge in [-0.2, -0.15) is 0 Å². The van der Waals surface area contributed by atoms with Crippen molar-refractivity contribution in [1.82, 2.24) is 9.97 Å². The molecule has 0 bridgehead atoms. The number of amides is 1. The minimum absolute atomic E-state index is 0.0191. The summed E-state index contributed by atoms with van der Waals surface area (Å²) in [6.07, 6.45) is 3.84. The number of hydrogen-bond donors (Lipinski definition) is 4. The van der Waals surface area contributed by atoms with Crippen LogP contribution in [0.25, 0.3) is 10.2 Å². The molecule has 1 saturated carbocycles. The Labute approximate surface area is 165 Å². The van der Waals surface area contributed by atoms with E-state index in [1.165, 1.54) is 11.3 Å². The Balaban J connectivity index is 1.66. The topological polar surface area (TPSA) is 119 Å². The summed E-state index contributed by atoms with van der Waals surface area (Å²) < 4.78 is 15.6. The maximum Gasteiger partial charge on any atom is 0.252 e. The summed E-state index contributed by atoms with van der Waals surface area (Å²) >= 11 is 1.53. The molecule has 28 heavy (non-hydrogen) atoms. The van der Waals surface area contributed by atoms with Gasteiger partial charge in [0.25, 0.3) is 5.91 Å². The monoisotopic (exact) mass is 400 g/mol. The molecule has 6 N–H and O–H groups in total. The number of primary amides is 1. The van der Waals surface area contributed by atoms with E-state index in [0.29, 0.717) is 5.69 Å². The summed E-state index contributed by atoms with van der Waals surface area (Å²) in [5.74, 6) is -1.14. The zero-order valence-electron chi connectivity index (χ0n) is 15.1. The number of hydrogen-bond acceptors (Lipinski definition) is 7. The Morgan fingerprint density at radius 2 is 2.04 bits per heavy atom. The van der Waals surface area contributed by atoms with Crippen molar-refractivity contribution in [2.75, 3.05) is 10.6 Å². The van der Waals surface area contributed by atoms with Crippen molar-refractivity contribution in [3.05, 3.63) is 41.2 Å². The first-order chi connectivity index (χ1) is 13.5. The maximum atomic E-state index is 14.6. The van der Waals surface area contributed by atoms with Gasteiger partial charge in [-0.3, -0.25) is 4.79 Å². The van der Waals surface area contributed by atoms with Crippen LogP contribution in [0.2, 0.25) is 0 Å². The molecule has 0 radical (unpaired) electrons. The van der Waals surface area contributed by atoms with Crippen LogP contribution >= 0.6 is 11.3 Å². The first-order valence-electron chi connectivity index (χ1n) is 9.14. The van der Waals surface area contributed by atoms with Gasteiger partial charge in [-0.1, -0.05) is 12.8 Å². The minimum Gasteiger partial charge on any atom is -0.365 e. The average molecular weight is 400 g/mol. The molecule has 4 rings (SSSR count). The third-order valence-corrected chi connectivity index (χ3v) is 5.79. The van der Waals surface area contributed by atoms with Gasteiger partial charge in [0.05, 0.1) is 21.3 Å². The second-order valence-electron chi connectivity index (χ2n) is 6.94. The van der Waals surface area contributed by atoms with Gasteiger partial charge in [0.1, 0.15) is 5.82 Å². The van der Waals surface area contributed by atoms with E-state index in [-0.39, 0.29) is 29.3 Å². The van der Waals surface area contributed by atoms with E-state index in [1.807, 2.05) is 18.2 Å². The number of halogens is 1. The van der Waals surface area contributed by atoms with Crippen LogP contribution < -0.4 is 22.1 Å². The average Bonchev–Trinajstić information content (AvgIpc) is 3.13. The fraction of sp³-hybridized carbons (Fsp3) is 0.316. The van der Waals surface area contributed by atoms with Crippen molar-refractivity contribution in [3.63, 3.8) is 0 Å². The molecule has 1 aliphatic carbocycles. The standard InChI is InChI=1S/C19H21FN6OS/c20-12-8-11(17(22)27)18(24-10-5-6-16-15(7-10)23-9-28-16)26-19(12)25-14-4-2-1-3-13(14)21/h5-9,13-14H,1-4,21H2,(H2,22,27)(H2,24,25,26)/t13-,14?/m0/s1. The molecule has 1 fully saturated rings. The first-order valence-corrected chi connectivity index (χ1v) is 10.0. The van der Waals surface area contributed by atoms with Crippen LogP contribution in [-0.2, 0) is 0 Å². The van der Waals surface area contributed by atoms with E-state index in [0.717, 1.165) is 42.0 Å². The molecule has 1 unspecified atom stereocenters. The molecule has 0 saturated heterocycles. The predicted octanol–water partition coefficient (Wildman–Crippen LogP) is 3.35. The quantitative estimate of drug-likeness (QED) is 0.521. The highest BCUT2D eigenvalue weighted by Gasteiger charge is 2.24.